The van der Waals surface area contributed by atoms with Crippen molar-refractivity contribution in [3.05, 3.63) is 28.3 Å². The van der Waals surface area contributed by atoms with E-state index in [9.17, 15) is 18.3 Å². The fourth-order valence-electron chi connectivity index (χ4n) is 2.49. The largest absolute Gasteiger partial charge is 0.468 e. The number of carbonyl (C=O) groups excluding carboxylic acids is 1. The van der Waals surface area contributed by atoms with Gasteiger partial charge in [0.2, 0.25) is 0 Å². The number of anilines is 1. The van der Waals surface area contributed by atoms with Gasteiger partial charge in [0.15, 0.2) is 0 Å². The Hall–Kier alpha value is -1.86. The number of nitrogens with one attached hydrogen (secondary N) is 1. The quantitative estimate of drug-likeness (QED) is 0.753. The highest BCUT2D eigenvalue weighted by molar-refractivity contribution is 7.90. The number of nitriles is 1. The number of hydrogen-bond donors (Lipinski definition) is 2. The molecule has 24 heavy (non-hydrogen) atoms. The number of aliphatic hydroxyl groups is 1. The third kappa shape index (κ3) is 3.32. The molecule has 1 aliphatic rings. The molecular weight excluding hydrogens is 358 g/mol. The first-order valence-corrected chi connectivity index (χ1v) is 8.79. The predicted molar refractivity (Wildman–Crippen MR) is 86.6 cm³/mol. The van der Waals surface area contributed by atoms with E-state index >= 15 is 0 Å². The standard InChI is InChI=1S/C14H16ClN3O5S/c1-8-10(4-3-9(7-16)12(8)15)17-24(21,22)18-6-5-11(19)13(18)14(20)23-2/h3-4,11,13,17,19H,5-6H2,1-2H3/t11-,13-/m0/s1. The lowest BCUT2D eigenvalue weighted by atomic mass is 10.1. The number of ether oxygens (including phenoxy) is 1. The summed E-state index contributed by atoms with van der Waals surface area (Å²) in [5.74, 6) is -0.833. The summed E-state index contributed by atoms with van der Waals surface area (Å²) in [6, 6.07) is 3.41. The Kier molecular flexibility index (Phi) is 5.35. The predicted octanol–water partition coefficient (Wildman–Crippen LogP) is 0.785. The van der Waals surface area contributed by atoms with Gasteiger partial charge in [-0.1, -0.05) is 11.6 Å². The molecule has 0 radical (unpaired) electrons. The Morgan fingerprint density at radius 1 is 1.54 bits per heavy atom. The molecule has 0 bridgehead atoms. The second kappa shape index (κ2) is 6.94. The lowest BCUT2D eigenvalue weighted by molar-refractivity contribution is -0.146. The van der Waals surface area contributed by atoms with Crippen LogP contribution >= 0.6 is 11.6 Å². The number of carbonyl (C=O) groups is 1. The Balaban J connectivity index is 2.34. The van der Waals surface area contributed by atoms with Crippen LogP contribution < -0.4 is 4.72 Å². The van der Waals surface area contributed by atoms with Gasteiger partial charge in [-0.3, -0.25) is 9.52 Å². The highest BCUT2D eigenvalue weighted by Crippen LogP contribution is 2.30. The third-order valence-electron chi connectivity index (χ3n) is 3.82. The van der Waals surface area contributed by atoms with E-state index in [0.29, 0.717) is 5.56 Å². The summed E-state index contributed by atoms with van der Waals surface area (Å²) in [7, 11) is -3.01. The van der Waals surface area contributed by atoms with Crippen LogP contribution in [-0.4, -0.2) is 49.6 Å². The van der Waals surface area contributed by atoms with E-state index in [1.165, 1.54) is 12.1 Å². The van der Waals surface area contributed by atoms with Gasteiger partial charge < -0.3 is 9.84 Å². The van der Waals surface area contributed by atoms with Crippen molar-refractivity contribution in [3.63, 3.8) is 0 Å². The molecule has 2 N–H and O–H groups in total. The molecule has 8 nitrogen and oxygen atoms in total. The molecule has 0 amide bonds. The van der Waals surface area contributed by atoms with Crippen molar-refractivity contribution < 1.29 is 23.1 Å². The summed E-state index contributed by atoms with van der Waals surface area (Å²) in [4.78, 5) is 11.8. The van der Waals surface area contributed by atoms with Crippen LogP contribution in [0.1, 0.15) is 17.5 Å². The summed E-state index contributed by atoms with van der Waals surface area (Å²) < 4.78 is 32.9. The van der Waals surface area contributed by atoms with Crippen LogP contribution in [0, 0.1) is 18.3 Å². The number of nitrogens with zero attached hydrogens (tertiary/aromatic N) is 2. The summed E-state index contributed by atoms with van der Waals surface area (Å²) in [5, 5.41) is 18.9. The smallest absolute Gasteiger partial charge is 0.326 e. The van der Waals surface area contributed by atoms with E-state index in [2.05, 4.69) is 9.46 Å². The highest BCUT2D eigenvalue weighted by Gasteiger charge is 2.45. The van der Waals surface area contributed by atoms with E-state index in [-0.39, 0.29) is 29.2 Å². The molecule has 1 saturated heterocycles. The van der Waals surface area contributed by atoms with Crippen molar-refractivity contribution >= 4 is 33.5 Å². The highest BCUT2D eigenvalue weighted by atomic mass is 35.5. The molecule has 1 heterocycles. The van der Waals surface area contributed by atoms with Gasteiger partial charge in [-0.15, -0.1) is 0 Å². The number of aliphatic hydroxyl groups excluding tert-OH is 1. The monoisotopic (exact) mass is 373 g/mol. The molecule has 10 heteroatoms. The number of hydrogen-bond acceptors (Lipinski definition) is 6. The number of benzene rings is 1. The van der Waals surface area contributed by atoms with E-state index in [1.807, 2.05) is 6.07 Å². The molecule has 1 fully saturated rings. The molecule has 130 valence electrons. The van der Waals surface area contributed by atoms with Gasteiger partial charge in [-0.2, -0.15) is 18.0 Å². The van der Waals surface area contributed by atoms with Crippen LogP contribution in [-0.2, 0) is 19.7 Å². The van der Waals surface area contributed by atoms with Gasteiger partial charge in [0.05, 0.1) is 29.5 Å². The van der Waals surface area contributed by atoms with Gasteiger partial charge in [0.25, 0.3) is 0 Å². The molecule has 2 rings (SSSR count). The van der Waals surface area contributed by atoms with E-state index in [0.717, 1.165) is 11.4 Å². The van der Waals surface area contributed by atoms with Crippen LogP contribution in [0.15, 0.2) is 12.1 Å². The van der Waals surface area contributed by atoms with Crippen LogP contribution in [0.2, 0.25) is 5.02 Å². The normalized spacial score (nSPS) is 21.3. The van der Waals surface area contributed by atoms with Gasteiger partial charge in [0, 0.05) is 6.54 Å². The molecule has 1 aromatic rings. The second-order valence-corrected chi connectivity index (χ2v) is 7.25. The van der Waals surface area contributed by atoms with Crippen LogP contribution in [0.25, 0.3) is 0 Å². The van der Waals surface area contributed by atoms with Crippen molar-refractivity contribution in [3.8, 4) is 6.07 Å². The van der Waals surface area contributed by atoms with Gasteiger partial charge in [-0.05, 0) is 31.0 Å². The number of esters is 1. The molecule has 0 spiro atoms. The maximum Gasteiger partial charge on any atom is 0.326 e. The molecule has 0 aliphatic carbocycles. The van der Waals surface area contributed by atoms with E-state index < -0.39 is 28.3 Å². The molecular formula is C14H16ClN3O5S. The zero-order valence-electron chi connectivity index (χ0n) is 13.0. The van der Waals surface area contributed by atoms with Gasteiger partial charge >= 0.3 is 16.2 Å². The zero-order valence-corrected chi connectivity index (χ0v) is 14.6. The van der Waals surface area contributed by atoms with Crippen molar-refractivity contribution in [2.45, 2.75) is 25.5 Å². The first-order valence-electron chi connectivity index (χ1n) is 6.97. The molecule has 1 aliphatic heterocycles. The summed E-state index contributed by atoms with van der Waals surface area (Å²) in [6.07, 6.45) is -1.02. The van der Waals surface area contributed by atoms with Crippen LogP contribution in [0.3, 0.4) is 0 Å². The van der Waals surface area contributed by atoms with Gasteiger partial charge in [0.1, 0.15) is 12.1 Å². The zero-order chi connectivity index (χ0) is 18.1. The fourth-order valence-corrected chi connectivity index (χ4v) is 4.19. The fraction of sp³-hybridized carbons (Fsp3) is 0.429. The lowest BCUT2D eigenvalue weighted by Crippen LogP contribution is -2.47. The molecule has 1 aromatic carbocycles. The minimum absolute atomic E-state index is 0.0284. The third-order valence-corrected chi connectivity index (χ3v) is 5.81. The Labute approximate surface area is 144 Å². The van der Waals surface area contributed by atoms with Crippen LogP contribution in [0.4, 0.5) is 5.69 Å². The Bertz CT molecular complexity index is 805. The first-order chi connectivity index (χ1) is 11.2. The Morgan fingerprint density at radius 3 is 2.79 bits per heavy atom. The first kappa shape index (κ1) is 18.5. The number of methoxy groups -OCH3 is 1. The topological polar surface area (TPSA) is 120 Å². The maximum atomic E-state index is 12.6. The SMILES string of the molecule is COC(=O)[C@@H]1[C@@H](O)CCN1S(=O)(=O)Nc1ccc(C#N)c(Cl)c1C. The average Bonchev–Trinajstić information content (AvgIpc) is 2.94. The summed E-state index contributed by atoms with van der Waals surface area (Å²) in [6.45, 7) is 1.54. The second-order valence-electron chi connectivity index (χ2n) is 5.25. The van der Waals surface area contributed by atoms with Crippen molar-refractivity contribution in [1.29, 1.82) is 5.26 Å². The number of halogens is 1. The molecule has 0 unspecified atom stereocenters. The maximum absolute atomic E-state index is 12.6. The molecule has 0 aromatic heterocycles. The number of rotatable bonds is 4. The van der Waals surface area contributed by atoms with Gasteiger partial charge in [-0.25, -0.2) is 0 Å². The summed E-state index contributed by atoms with van der Waals surface area (Å²) in [5.41, 5.74) is 0.791. The molecule has 2 atom stereocenters. The van der Waals surface area contributed by atoms with Crippen LogP contribution in [0.5, 0.6) is 0 Å². The lowest BCUT2D eigenvalue weighted by Gasteiger charge is -2.24. The van der Waals surface area contributed by atoms with E-state index in [1.54, 1.807) is 6.92 Å². The van der Waals surface area contributed by atoms with Crippen molar-refractivity contribution in [2.75, 3.05) is 18.4 Å². The van der Waals surface area contributed by atoms with E-state index in [4.69, 9.17) is 16.9 Å². The summed E-state index contributed by atoms with van der Waals surface area (Å²) >= 11 is 6.03. The Morgan fingerprint density at radius 2 is 2.21 bits per heavy atom. The van der Waals surface area contributed by atoms with Crippen molar-refractivity contribution in [2.24, 2.45) is 0 Å². The average molecular weight is 374 g/mol. The molecule has 0 saturated carbocycles. The minimum Gasteiger partial charge on any atom is -0.468 e. The van der Waals surface area contributed by atoms with Crippen molar-refractivity contribution in [1.82, 2.24) is 4.31 Å². The minimum atomic E-state index is -4.13.